The molecule has 0 spiro atoms. The Morgan fingerprint density at radius 2 is 1.95 bits per heavy atom. The molecule has 2 N–H and O–H groups in total. The molecule has 3 nitrogen and oxygen atoms in total. The van der Waals surface area contributed by atoms with Crippen LogP contribution in [0.4, 0.5) is 0 Å². The Balaban J connectivity index is 0.00000180. The first-order valence-electron chi connectivity index (χ1n) is 7.61. The number of rotatable bonds is 3. The molecule has 0 aromatic carbocycles. The van der Waals surface area contributed by atoms with E-state index >= 15 is 0 Å². The van der Waals surface area contributed by atoms with E-state index in [4.69, 9.17) is 5.73 Å². The maximum absolute atomic E-state index is 12.3. The number of amides is 1. The summed E-state index contributed by atoms with van der Waals surface area (Å²) in [4.78, 5) is 14.4. The smallest absolute Gasteiger partial charge is 0.222 e. The molecule has 4 heteroatoms. The Morgan fingerprint density at radius 1 is 1.26 bits per heavy atom. The van der Waals surface area contributed by atoms with Crippen molar-refractivity contribution in [2.45, 2.75) is 58.4 Å². The molecule has 112 valence electrons. The lowest BCUT2D eigenvalue weighted by Crippen LogP contribution is -2.38. The summed E-state index contributed by atoms with van der Waals surface area (Å²) in [6.07, 6.45) is 6.61. The molecule has 0 bridgehead atoms. The zero-order valence-electron chi connectivity index (χ0n) is 12.3. The molecule has 0 radical (unpaired) electrons. The first kappa shape index (κ1) is 16.8. The summed E-state index contributed by atoms with van der Waals surface area (Å²) in [5, 5.41) is 0. The van der Waals surface area contributed by atoms with Crippen LogP contribution in [0.3, 0.4) is 0 Å². The summed E-state index contributed by atoms with van der Waals surface area (Å²) < 4.78 is 0. The van der Waals surface area contributed by atoms with Gasteiger partial charge in [0.15, 0.2) is 0 Å². The fraction of sp³-hybridized carbons (Fsp3) is 0.933. The lowest BCUT2D eigenvalue weighted by atomic mass is 9.83. The van der Waals surface area contributed by atoms with Gasteiger partial charge in [0.1, 0.15) is 0 Å². The predicted octanol–water partition coefficient (Wildman–Crippen LogP) is 2.82. The van der Waals surface area contributed by atoms with Crippen LogP contribution in [0.25, 0.3) is 0 Å². The molecule has 0 aromatic heterocycles. The van der Waals surface area contributed by atoms with Crippen molar-refractivity contribution >= 4 is 18.3 Å². The number of carbonyl (C=O) groups excluding carboxylic acids is 1. The molecule has 2 fully saturated rings. The van der Waals surface area contributed by atoms with Gasteiger partial charge in [-0.15, -0.1) is 12.4 Å². The van der Waals surface area contributed by atoms with Crippen LogP contribution >= 0.6 is 12.4 Å². The lowest BCUT2D eigenvalue weighted by molar-refractivity contribution is -0.131. The molecule has 19 heavy (non-hydrogen) atoms. The second-order valence-electron chi connectivity index (χ2n) is 6.55. The quantitative estimate of drug-likeness (QED) is 0.868. The second kappa shape index (κ2) is 7.49. The number of hydrogen-bond acceptors (Lipinski definition) is 2. The van der Waals surface area contributed by atoms with Gasteiger partial charge in [0.2, 0.25) is 5.91 Å². The molecule has 1 saturated carbocycles. The molecular formula is C15H29ClN2O. The average Bonchev–Trinajstić information content (AvgIpc) is 2.81. The number of halogens is 1. The van der Waals surface area contributed by atoms with Crippen molar-refractivity contribution in [3.63, 3.8) is 0 Å². The van der Waals surface area contributed by atoms with Crippen LogP contribution in [-0.4, -0.2) is 29.9 Å². The summed E-state index contributed by atoms with van der Waals surface area (Å²) in [6, 6.07) is 0.256. The Hall–Kier alpha value is -0.280. The van der Waals surface area contributed by atoms with E-state index in [0.29, 0.717) is 30.1 Å². The van der Waals surface area contributed by atoms with E-state index in [0.717, 1.165) is 25.9 Å². The Bertz CT molecular complexity index is 296. The zero-order valence-corrected chi connectivity index (χ0v) is 13.1. The predicted molar refractivity (Wildman–Crippen MR) is 81.3 cm³/mol. The van der Waals surface area contributed by atoms with E-state index in [1.807, 2.05) is 0 Å². The molecule has 1 aliphatic heterocycles. The third-order valence-electron chi connectivity index (χ3n) is 4.92. The highest BCUT2D eigenvalue weighted by atomic mass is 35.5. The van der Waals surface area contributed by atoms with E-state index in [-0.39, 0.29) is 18.4 Å². The number of carbonyl (C=O) groups is 1. The van der Waals surface area contributed by atoms with Crippen LogP contribution in [0.5, 0.6) is 0 Å². The van der Waals surface area contributed by atoms with Gasteiger partial charge < -0.3 is 10.6 Å². The number of likely N-dealkylation sites (tertiary alicyclic amines) is 1. The van der Waals surface area contributed by atoms with Crippen molar-refractivity contribution in [2.75, 3.05) is 13.1 Å². The fourth-order valence-corrected chi connectivity index (χ4v) is 3.40. The van der Waals surface area contributed by atoms with Gasteiger partial charge in [-0.05, 0) is 37.0 Å². The van der Waals surface area contributed by atoms with Crippen molar-refractivity contribution in [3.05, 3.63) is 0 Å². The topological polar surface area (TPSA) is 46.3 Å². The number of nitrogens with two attached hydrogens (primary N) is 1. The fourth-order valence-electron chi connectivity index (χ4n) is 3.40. The maximum atomic E-state index is 12.3. The van der Waals surface area contributed by atoms with Gasteiger partial charge in [0.25, 0.3) is 0 Å². The summed E-state index contributed by atoms with van der Waals surface area (Å²) in [5.41, 5.74) is 6.13. The summed E-state index contributed by atoms with van der Waals surface area (Å²) in [7, 11) is 0. The Morgan fingerprint density at radius 3 is 2.53 bits per heavy atom. The minimum Gasteiger partial charge on any atom is -0.342 e. The molecule has 2 aliphatic rings. The first-order chi connectivity index (χ1) is 8.58. The Labute approximate surface area is 123 Å². The zero-order chi connectivity index (χ0) is 13.1. The normalized spacial score (nSPS) is 31.4. The van der Waals surface area contributed by atoms with Crippen LogP contribution in [0.1, 0.15) is 52.4 Å². The van der Waals surface area contributed by atoms with E-state index in [1.54, 1.807) is 0 Å². The van der Waals surface area contributed by atoms with Crippen molar-refractivity contribution in [1.82, 2.24) is 4.90 Å². The van der Waals surface area contributed by atoms with Gasteiger partial charge in [-0.3, -0.25) is 4.79 Å². The van der Waals surface area contributed by atoms with Crippen LogP contribution in [0.2, 0.25) is 0 Å². The Kier molecular flexibility index (Phi) is 6.61. The van der Waals surface area contributed by atoms with Crippen molar-refractivity contribution in [2.24, 2.45) is 23.5 Å². The van der Waals surface area contributed by atoms with Crippen LogP contribution < -0.4 is 5.73 Å². The maximum Gasteiger partial charge on any atom is 0.222 e. The molecule has 1 heterocycles. The number of nitrogens with zero attached hydrogens (tertiary/aromatic N) is 1. The molecule has 1 amide bonds. The largest absolute Gasteiger partial charge is 0.342 e. The van der Waals surface area contributed by atoms with Crippen LogP contribution in [-0.2, 0) is 4.79 Å². The van der Waals surface area contributed by atoms with Gasteiger partial charge in [-0.2, -0.15) is 0 Å². The van der Waals surface area contributed by atoms with Crippen molar-refractivity contribution in [1.29, 1.82) is 0 Å². The third kappa shape index (κ3) is 4.35. The highest BCUT2D eigenvalue weighted by Gasteiger charge is 2.31. The highest BCUT2D eigenvalue weighted by molar-refractivity contribution is 5.85. The SMILES string of the molecule is CC(C)C1CCN(C(=O)CC2CCCCC2N)C1.Cl. The standard InChI is InChI=1S/C15H28N2O.ClH/c1-11(2)13-7-8-17(10-13)15(18)9-12-5-3-4-6-14(12)16;/h11-14H,3-10,16H2,1-2H3;1H. The van der Waals surface area contributed by atoms with E-state index < -0.39 is 0 Å². The summed E-state index contributed by atoms with van der Waals surface area (Å²) >= 11 is 0. The number of hydrogen-bond donors (Lipinski definition) is 1. The van der Waals surface area contributed by atoms with Gasteiger partial charge in [0, 0.05) is 25.6 Å². The van der Waals surface area contributed by atoms with E-state index in [2.05, 4.69) is 18.7 Å². The van der Waals surface area contributed by atoms with Crippen molar-refractivity contribution < 1.29 is 4.79 Å². The molecule has 1 saturated heterocycles. The molecular weight excluding hydrogens is 260 g/mol. The molecule has 1 aliphatic carbocycles. The monoisotopic (exact) mass is 288 g/mol. The van der Waals surface area contributed by atoms with Gasteiger partial charge in [-0.25, -0.2) is 0 Å². The third-order valence-corrected chi connectivity index (χ3v) is 4.92. The minimum absolute atomic E-state index is 0. The van der Waals surface area contributed by atoms with Crippen LogP contribution in [0.15, 0.2) is 0 Å². The highest BCUT2D eigenvalue weighted by Crippen LogP contribution is 2.29. The van der Waals surface area contributed by atoms with Crippen LogP contribution in [0, 0.1) is 17.8 Å². The minimum atomic E-state index is 0. The second-order valence-corrected chi connectivity index (χ2v) is 6.55. The van der Waals surface area contributed by atoms with Gasteiger partial charge >= 0.3 is 0 Å². The van der Waals surface area contributed by atoms with E-state index in [1.165, 1.54) is 19.3 Å². The molecule has 2 rings (SSSR count). The first-order valence-corrected chi connectivity index (χ1v) is 7.61. The average molecular weight is 289 g/mol. The summed E-state index contributed by atoms with van der Waals surface area (Å²) in [5.74, 6) is 2.18. The van der Waals surface area contributed by atoms with Gasteiger partial charge in [0.05, 0.1) is 0 Å². The molecule has 0 aromatic rings. The lowest BCUT2D eigenvalue weighted by Gasteiger charge is -2.29. The molecule has 3 atom stereocenters. The molecule has 3 unspecified atom stereocenters. The van der Waals surface area contributed by atoms with E-state index in [9.17, 15) is 4.79 Å². The van der Waals surface area contributed by atoms with Gasteiger partial charge in [-0.1, -0.05) is 26.7 Å². The van der Waals surface area contributed by atoms with Crippen molar-refractivity contribution in [3.8, 4) is 0 Å². The summed E-state index contributed by atoms with van der Waals surface area (Å²) in [6.45, 7) is 6.45.